The molecule has 5 rings (SSSR count). The lowest BCUT2D eigenvalue weighted by atomic mass is 9.83. The number of carbonyl (C=O) groups excluding carboxylic acids is 2. The molecule has 2 unspecified atom stereocenters. The third-order valence-electron chi connectivity index (χ3n) is 7.38. The highest BCUT2D eigenvalue weighted by molar-refractivity contribution is 5.91. The van der Waals surface area contributed by atoms with Gasteiger partial charge < -0.3 is 19.3 Å². The summed E-state index contributed by atoms with van der Waals surface area (Å²) in [4.78, 5) is 30.7. The minimum atomic E-state index is -1.09. The Morgan fingerprint density at radius 2 is 1.85 bits per heavy atom. The summed E-state index contributed by atoms with van der Waals surface area (Å²) >= 11 is 0. The molecule has 3 fully saturated rings. The molecule has 2 aromatic carbocycles. The van der Waals surface area contributed by atoms with Gasteiger partial charge in [-0.05, 0) is 42.0 Å². The summed E-state index contributed by atoms with van der Waals surface area (Å²) in [7, 11) is 0. The molecule has 180 valence electrons. The van der Waals surface area contributed by atoms with Gasteiger partial charge in [0, 0.05) is 38.8 Å². The van der Waals surface area contributed by atoms with Gasteiger partial charge in [-0.15, -0.1) is 0 Å². The summed E-state index contributed by atoms with van der Waals surface area (Å²) in [5.74, 6) is -0.251. The van der Waals surface area contributed by atoms with Crippen LogP contribution in [0.4, 0.5) is 4.39 Å². The summed E-state index contributed by atoms with van der Waals surface area (Å²) in [6.07, 6.45) is 2.00. The Labute approximate surface area is 199 Å². The Morgan fingerprint density at radius 1 is 1.06 bits per heavy atom. The number of amides is 2. The number of rotatable bonds is 5. The van der Waals surface area contributed by atoms with Gasteiger partial charge in [-0.25, -0.2) is 4.39 Å². The van der Waals surface area contributed by atoms with Crippen LogP contribution in [0.3, 0.4) is 0 Å². The Balaban J connectivity index is 1.39. The number of hydrogen-bond donors (Lipinski definition) is 0. The quantitative estimate of drug-likeness (QED) is 0.680. The predicted octanol–water partition coefficient (Wildman–Crippen LogP) is 3.02. The lowest BCUT2D eigenvalue weighted by Crippen LogP contribution is -2.59. The normalized spacial score (nSPS) is 25.8. The van der Waals surface area contributed by atoms with Crippen LogP contribution in [0.2, 0.25) is 0 Å². The molecule has 0 aliphatic carbocycles. The zero-order valence-electron chi connectivity index (χ0n) is 19.3. The van der Waals surface area contributed by atoms with Crippen molar-refractivity contribution in [1.82, 2.24) is 9.80 Å². The number of ether oxygens (including phenoxy) is 2. The van der Waals surface area contributed by atoms with E-state index in [-0.39, 0.29) is 36.5 Å². The molecule has 34 heavy (non-hydrogen) atoms. The van der Waals surface area contributed by atoms with Gasteiger partial charge in [-0.2, -0.15) is 0 Å². The van der Waals surface area contributed by atoms with Crippen LogP contribution >= 0.6 is 0 Å². The van der Waals surface area contributed by atoms with E-state index in [9.17, 15) is 14.0 Å². The molecule has 0 saturated carbocycles. The molecule has 0 aromatic heterocycles. The number of morpholine rings is 1. The number of hydrogen-bond acceptors (Lipinski definition) is 4. The maximum atomic E-state index is 13.9. The van der Waals surface area contributed by atoms with Crippen molar-refractivity contribution in [1.29, 1.82) is 0 Å². The van der Waals surface area contributed by atoms with Gasteiger partial charge in [-0.1, -0.05) is 42.5 Å². The van der Waals surface area contributed by atoms with E-state index in [2.05, 4.69) is 0 Å². The SMILES string of the molecule is O=C(Cc1cccc(F)c1)N1CCOC2(C1)C(=O)N(CC1CCOCC1)CC2c1ccccc1. The Morgan fingerprint density at radius 3 is 2.62 bits per heavy atom. The van der Waals surface area contributed by atoms with E-state index in [4.69, 9.17) is 9.47 Å². The fraction of sp³-hybridized carbons (Fsp3) is 0.481. The smallest absolute Gasteiger partial charge is 0.257 e. The van der Waals surface area contributed by atoms with E-state index in [0.29, 0.717) is 37.7 Å². The van der Waals surface area contributed by atoms with Crippen LogP contribution in [-0.2, 0) is 25.5 Å². The average Bonchev–Trinajstić information content (AvgIpc) is 3.11. The fourth-order valence-electron chi connectivity index (χ4n) is 5.56. The molecular formula is C27H31FN2O4. The van der Waals surface area contributed by atoms with E-state index in [1.807, 2.05) is 35.2 Å². The maximum absolute atomic E-state index is 13.9. The molecule has 0 bridgehead atoms. The van der Waals surface area contributed by atoms with Crippen LogP contribution < -0.4 is 0 Å². The molecule has 0 N–H and O–H groups in total. The van der Waals surface area contributed by atoms with Crippen molar-refractivity contribution in [3.05, 3.63) is 71.5 Å². The third kappa shape index (κ3) is 4.59. The number of nitrogens with zero attached hydrogens (tertiary/aromatic N) is 2. The number of benzene rings is 2. The second-order valence-electron chi connectivity index (χ2n) is 9.59. The first kappa shape index (κ1) is 23.0. The summed E-state index contributed by atoms with van der Waals surface area (Å²) in [5.41, 5.74) is 0.580. The van der Waals surface area contributed by atoms with E-state index >= 15 is 0 Å². The van der Waals surface area contributed by atoms with Crippen molar-refractivity contribution in [3.8, 4) is 0 Å². The van der Waals surface area contributed by atoms with Crippen molar-refractivity contribution >= 4 is 11.8 Å². The molecule has 2 aromatic rings. The van der Waals surface area contributed by atoms with Gasteiger partial charge in [0.2, 0.25) is 5.91 Å². The minimum Gasteiger partial charge on any atom is -0.381 e. The van der Waals surface area contributed by atoms with E-state index < -0.39 is 5.60 Å². The summed E-state index contributed by atoms with van der Waals surface area (Å²) in [6, 6.07) is 16.1. The van der Waals surface area contributed by atoms with Crippen molar-refractivity contribution in [2.24, 2.45) is 5.92 Å². The highest BCUT2D eigenvalue weighted by atomic mass is 19.1. The molecular weight excluding hydrogens is 435 g/mol. The lowest BCUT2D eigenvalue weighted by Gasteiger charge is -2.42. The van der Waals surface area contributed by atoms with Crippen molar-refractivity contribution in [2.75, 3.05) is 46.0 Å². The van der Waals surface area contributed by atoms with Gasteiger partial charge in [0.05, 0.1) is 19.6 Å². The van der Waals surface area contributed by atoms with Crippen LogP contribution in [0.15, 0.2) is 54.6 Å². The van der Waals surface area contributed by atoms with Crippen LogP contribution in [0.25, 0.3) is 0 Å². The van der Waals surface area contributed by atoms with Gasteiger partial charge >= 0.3 is 0 Å². The zero-order chi connectivity index (χ0) is 23.5. The molecule has 3 heterocycles. The first-order valence-corrected chi connectivity index (χ1v) is 12.1. The second kappa shape index (κ2) is 9.84. The zero-order valence-corrected chi connectivity index (χ0v) is 19.3. The minimum absolute atomic E-state index is 0.0314. The van der Waals surface area contributed by atoms with Crippen molar-refractivity contribution in [2.45, 2.75) is 30.8 Å². The first-order chi connectivity index (χ1) is 16.5. The number of halogens is 1. The highest BCUT2D eigenvalue weighted by Gasteiger charge is 2.58. The van der Waals surface area contributed by atoms with Crippen LogP contribution in [-0.4, -0.2) is 73.2 Å². The fourth-order valence-corrected chi connectivity index (χ4v) is 5.56. The standard InChI is InChI=1S/C27H31FN2O4/c28-23-8-4-5-21(15-23)16-25(31)29-11-14-34-27(19-29)24(22-6-2-1-3-7-22)18-30(26(27)32)17-20-9-12-33-13-10-20/h1-8,15,20,24H,9-14,16-19H2. The largest absolute Gasteiger partial charge is 0.381 e. The van der Waals surface area contributed by atoms with Gasteiger partial charge in [0.15, 0.2) is 5.60 Å². The molecule has 3 aliphatic rings. The third-order valence-corrected chi connectivity index (χ3v) is 7.38. The van der Waals surface area contributed by atoms with Gasteiger partial charge in [0.25, 0.3) is 5.91 Å². The molecule has 3 aliphatic heterocycles. The second-order valence-corrected chi connectivity index (χ2v) is 9.59. The summed E-state index contributed by atoms with van der Waals surface area (Å²) < 4.78 is 25.4. The Kier molecular flexibility index (Phi) is 6.66. The summed E-state index contributed by atoms with van der Waals surface area (Å²) in [5, 5.41) is 0. The predicted molar refractivity (Wildman–Crippen MR) is 125 cm³/mol. The molecule has 2 amide bonds. The monoisotopic (exact) mass is 466 g/mol. The van der Waals surface area contributed by atoms with Crippen LogP contribution in [0.5, 0.6) is 0 Å². The van der Waals surface area contributed by atoms with E-state index in [1.54, 1.807) is 17.0 Å². The summed E-state index contributed by atoms with van der Waals surface area (Å²) in [6.45, 7) is 3.67. The molecule has 6 nitrogen and oxygen atoms in total. The number of carbonyl (C=O) groups is 2. The lowest BCUT2D eigenvalue weighted by molar-refractivity contribution is -0.167. The van der Waals surface area contributed by atoms with Crippen molar-refractivity contribution < 1.29 is 23.5 Å². The molecule has 0 radical (unpaired) electrons. The number of likely N-dealkylation sites (tertiary alicyclic amines) is 1. The highest BCUT2D eigenvalue weighted by Crippen LogP contribution is 2.42. The molecule has 2 atom stereocenters. The van der Waals surface area contributed by atoms with E-state index in [0.717, 1.165) is 31.6 Å². The molecule has 7 heteroatoms. The van der Waals surface area contributed by atoms with E-state index in [1.165, 1.54) is 12.1 Å². The van der Waals surface area contributed by atoms with Gasteiger partial charge in [0.1, 0.15) is 5.82 Å². The Hall–Kier alpha value is -2.77. The van der Waals surface area contributed by atoms with Crippen LogP contribution in [0.1, 0.15) is 29.9 Å². The van der Waals surface area contributed by atoms with Crippen molar-refractivity contribution in [3.63, 3.8) is 0 Å². The molecule has 3 saturated heterocycles. The van der Waals surface area contributed by atoms with Gasteiger partial charge in [-0.3, -0.25) is 9.59 Å². The average molecular weight is 467 g/mol. The molecule has 1 spiro atoms. The first-order valence-electron chi connectivity index (χ1n) is 12.1. The Bertz CT molecular complexity index is 1030. The topological polar surface area (TPSA) is 59.1 Å². The maximum Gasteiger partial charge on any atom is 0.257 e. The van der Waals surface area contributed by atoms with Crippen LogP contribution in [0, 0.1) is 11.7 Å².